The van der Waals surface area contributed by atoms with Crippen LogP contribution in [0.15, 0.2) is 23.9 Å². The zero-order chi connectivity index (χ0) is 10.6. The Morgan fingerprint density at radius 3 is 2.71 bits per heavy atom. The first-order valence-electron chi connectivity index (χ1n) is 5.91. The van der Waals surface area contributed by atoms with Crippen LogP contribution in [0, 0.1) is 5.92 Å². The van der Waals surface area contributed by atoms with Gasteiger partial charge in [-0.25, -0.2) is 0 Å². The molecule has 0 spiro atoms. The molecular weight excluding hydrogens is 170 g/mol. The molecule has 80 valence electrons. The predicted octanol–water partition coefficient (Wildman–Crippen LogP) is 3.59. The Labute approximate surface area is 88.5 Å². The Balaban J connectivity index is 0.000000461. The minimum absolute atomic E-state index is 0.731. The van der Waals surface area contributed by atoms with E-state index in [9.17, 15) is 0 Å². The quantitative estimate of drug-likeness (QED) is 0.568. The third kappa shape index (κ3) is 2.20. The first kappa shape index (κ1) is 11.4. The van der Waals surface area contributed by atoms with Gasteiger partial charge in [0.1, 0.15) is 0 Å². The van der Waals surface area contributed by atoms with Crippen molar-refractivity contribution in [2.24, 2.45) is 5.92 Å². The first-order valence-corrected chi connectivity index (χ1v) is 5.91. The second-order valence-electron chi connectivity index (χ2n) is 4.00. The van der Waals surface area contributed by atoms with E-state index in [0.29, 0.717) is 0 Å². The largest absolute Gasteiger partial charge is 0.368 e. The van der Waals surface area contributed by atoms with E-state index in [0.717, 1.165) is 18.5 Å². The van der Waals surface area contributed by atoms with Crippen LogP contribution < -0.4 is 0 Å². The van der Waals surface area contributed by atoms with Crippen LogP contribution in [-0.4, -0.2) is 17.5 Å². The van der Waals surface area contributed by atoms with E-state index >= 15 is 0 Å². The van der Waals surface area contributed by atoms with Gasteiger partial charge in [-0.2, -0.15) is 0 Å². The Morgan fingerprint density at radius 1 is 1.29 bits per heavy atom. The van der Waals surface area contributed by atoms with Crippen molar-refractivity contribution in [2.75, 3.05) is 6.54 Å². The maximum absolute atomic E-state index is 2.54. The number of allylic oxidation sites excluding steroid dienone is 3. The fraction of sp³-hybridized carbons (Fsp3) is 0.692. The molecule has 2 aliphatic rings. The van der Waals surface area contributed by atoms with Gasteiger partial charge in [0.25, 0.3) is 0 Å². The molecule has 0 saturated carbocycles. The lowest BCUT2D eigenvalue weighted by Crippen LogP contribution is -2.41. The minimum Gasteiger partial charge on any atom is -0.368 e. The van der Waals surface area contributed by atoms with Gasteiger partial charge in [-0.05, 0) is 31.8 Å². The molecule has 2 atom stereocenters. The highest BCUT2D eigenvalue weighted by Crippen LogP contribution is 2.31. The van der Waals surface area contributed by atoms with Gasteiger partial charge in [-0.15, -0.1) is 0 Å². The molecule has 0 aliphatic carbocycles. The summed E-state index contributed by atoms with van der Waals surface area (Å²) in [4.78, 5) is 2.54. The van der Waals surface area contributed by atoms with Gasteiger partial charge in [0.15, 0.2) is 0 Å². The molecule has 0 aromatic heterocycles. The normalized spacial score (nSPS) is 30.0. The highest BCUT2D eigenvalue weighted by Gasteiger charge is 2.26. The number of hydrogen-bond acceptors (Lipinski definition) is 1. The Bertz CT molecular complexity index is 227. The molecule has 2 unspecified atom stereocenters. The van der Waals surface area contributed by atoms with Gasteiger partial charge in [0.05, 0.1) is 0 Å². The van der Waals surface area contributed by atoms with Crippen LogP contribution >= 0.6 is 0 Å². The van der Waals surface area contributed by atoms with Gasteiger partial charge in [-0.1, -0.05) is 32.9 Å². The van der Waals surface area contributed by atoms with Gasteiger partial charge in [0, 0.05) is 18.3 Å². The summed E-state index contributed by atoms with van der Waals surface area (Å²) < 4.78 is 0. The van der Waals surface area contributed by atoms with Crippen molar-refractivity contribution in [1.29, 1.82) is 0 Å². The van der Waals surface area contributed by atoms with Gasteiger partial charge >= 0.3 is 0 Å². The fourth-order valence-corrected chi connectivity index (χ4v) is 2.15. The highest BCUT2D eigenvalue weighted by atomic mass is 15.2. The summed E-state index contributed by atoms with van der Waals surface area (Å²) in [5.74, 6) is 0.855. The second kappa shape index (κ2) is 5.23. The summed E-state index contributed by atoms with van der Waals surface area (Å²) in [5, 5.41) is 0. The zero-order valence-electron chi connectivity index (χ0n) is 9.96. The SMILES string of the molecule is CC.CC1CCC2=CC=CCN2C1C. The number of hydrogen-bond donors (Lipinski definition) is 0. The topological polar surface area (TPSA) is 3.24 Å². The highest BCUT2D eigenvalue weighted by molar-refractivity contribution is 5.20. The van der Waals surface area contributed by atoms with Crippen molar-refractivity contribution < 1.29 is 0 Å². The molecule has 2 aliphatic heterocycles. The van der Waals surface area contributed by atoms with Crippen molar-refractivity contribution in [3.8, 4) is 0 Å². The summed E-state index contributed by atoms with van der Waals surface area (Å²) in [7, 11) is 0. The van der Waals surface area contributed by atoms with Crippen molar-refractivity contribution in [1.82, 2.24) is 4.90 Å². The first-order chi connectivity index (χ1) is 6.79. The molecular formula is C13H23N. The van der Waals surface area contributed by atoms with Crippen LogP contribution in [-0.2, 0) is 0 Å². The van der Waals surface area contributed by atoms with Crippen LogP contribution in [0.1, 0.15) is 40.5 Å². The average molecular weight is 193 g/mol. The predicted molar refractivity (Wildman–Crippen MR) is 63.1 cm³/mol. The van der Waals surface area contributed by atoms with Crippen molar-refractivity contribution in [3.05, 3.63) is 23.9 Å². The zero-order valence-corrected chi connectivity index (χ0v) is 9.96. The van der Waals surface area contributed by atoms with E-state index in [-0.39, 0.29) is 0 Å². The molecule has 0 aromatic rings. The van der Waals surface area contributed by atoms with E-state index in [4.69, 9.17) is 0 Å². The van der Waals surface area contributed by atoms with Crippen LogP contribution in [0.4, 0.5) is 0 Å². The van der Waals surface area contributed by atoms with E-state index in [1.807, 2.05) is 13.8 Å². The van der Waals surface area contributed by atoms with Crippen LogP contribution in [0.25, 0.3) is 0 Å². The molecule has 1 nitrogen and oxygen atoms in total. The van der Waals surface area contributed by atoms with Crippen molar-refractivity contribution in [2.45, 2.75) is 46.6 Å². The Morgan fingerprint density at radius 2 is 2.00 bits per heavy atom. The number of fused-ring (bicyclic) bond motifs is 1. The monoisotopic (exact) mass is 193 g/mol. The van der Waals surface area contributed by atoms with Crippen molar-refractivity contribution >= 4 is 0 Å². The Kier molecular flexibility index (Phi) is 4.24. The molecule has 1 saturated heterocycles. The molecule has 14 heavy (non-hydrogen) atoms. The van der Waals surface area contributed by atoms with Crippen LogP contribution in [0.2, 0.25) is 0 Å². The maximum atomic E-state index is 2.54. The summed E-state index contributed by atoms with van der Waals surface area (Å²) in [6.45, 7) is 9.83. The smallest absolute Gasteiger partial charge is 0.0362 e. The van der Waals surface area contributed by atoms with Gasteiger partial charge < -0.3 is 4.90 Å². The fourth-order valence-electron chi connectivity index (χ4n) is 2.15. The molecule has 1 heteroatoms. The molecule has 0 amide bonds. The lowest BCUT2D eigenvalue weighted by atomic mass is 9.89. The van der Waals surface area contributed by atoms with E-state index in [2.05, 4.69) is 37.0 Å². The maximum Gasteiger partial charge on any atom is 0.0362 e. The van der Waals surface area contributed by atoms with Crippen molar-refractivity contribution in [3.63, 3.8) is 0 Å². The molecule has 0 N–H and O–H groups in total. The van der Waals surface area contributed by atoms with Crippen LogP contribution in [0.5, 0.6) is 0 Å². The lowest BCUT2D eigenvalue weighted by Gasteiger charge is -2.42. The molecule has 2 rings (SSSR count). The molecule has 2 heterocycles. The van der Waals surface area contributed by atoms with E-state index < -0.39 is 0 Å². The molecule has 0 bridgehead atoms. The lowest BCUT2D eigenvalue weighted by molar-refractivity contribution is 0.172. The molecule has 1 fully saturated rings. The van der Waals surface area contributed by atoms with Gasteiger partial charge in [-0.3, -0.25) is 0 Å². The molecule has 0 radical (unpaired) electrons. The summed E-state index contributed by atoms with van der Waals surface area (Å²) in [5.41, 5.74) is 1.54. The summed E-state index contributed by atoms with van der Waals surface area (Å²) in [6.07, 6.45) is 9.34. The number of piperidine rings is 1. The third-order valence-electron chi connectivity index (χ3n) is 3.27. The van der Waals surface area contributed by atoms with E-state index in [1.54, 1.807) is 5.70 Å². The third-order valence-corrected chi connectivity index (χ3v) is 3.27. The average Bonchev–Trinajstić information content (AvgIpc) is 2.27. The van der Waals surface area contributed by atoms with Gasteiger partial charge in [0.2, 0.25) is 0 Å². The standard InChI is InChI=1S/C11H17N.C2H6/c1-9-6-7-11-5-3-4-8-12(11)10(9)2;1-2/h3-5,9-10H,6-8H2,1-2H3;1-2H3. The number of nitrogens with zero attached hydrogens (tertiary/aromatic N) is 1. The number of rotatable bonds is 0. The van der Waals surface area contributed by atoms with E-state index in [1.165, 1.54) is 12.8 Å². The second-order valence-corrected chi connectivity index (χ2v) is 4.00. The molecule has 0 aromatic carbocycles. The van der Waals surface area contributed by atoms with Crippen LogP contribution in [0.3, 0.4) is 0 Å². The summed E-state index contributed by atoms with van der Waals surface area (Å²) >= 11 is 0. The minimum atomic E-state index is 0.731. The Hall–Kier alpha value is -0.720. The summed E-state index contributed by atoms with van der Waals surface area (Å²) in [6, 6.07) is 0.731.